The molecule has 0 heterocycles. The van der Waals surface area contributed by atoms with E-state index in [1.54, 1.807) is 0 Å². The van der Waals surface area contributed by atoms with Crippen LogP contribution in [-0.2, 0) is 0 Å². The summed E-state index contributed by atoms with van der Waals surface area (Å²) in [4.78, 5) is 0. The van der Waals surface area contributed by atoms with E-state index in [-0.39, 0.29) is 0 Å². The Morgan fingerprint density at radius 1 is 0.750 bits per heavy atom. The highest BCUT2D eigenvalue weighted by molar-refractivity contribution is 5.41. The van der Waals surface area contributed by atoms with Crippen molar-refractivity contribution in [2.24, 2.45) is 17.3 Å². The zero-order chi connectivity index (χ0) is 10.8. The second-order valence-electron chi connectivity index (χ2n) is 5.29. The Morgan fingerprint density at radius 2 is 1.38 bits per heavy atom. The van der Waals surface area contributed by atoms with E-state index in [2.05, 4.69) is 48.6 Å². The fraction of sp³-hybridized carbons (Fsp3) is 0.500. The van der Waals surface area contributed by atoms with Gasteiger partial charge in [0, 0.05) is 11.3 Å². The second kappa shape index (κ2) is 4.08. The highest BCUT2D eigenvalue weighted by atomic mass is 14.6. The van der Waals surface area contributed by atoms with E-state index in [9.17, 15) is 0 Å². The van der Waals surface area contributed by atoms with Crippen LogP contribution in [0.25, 0.3) is 0 Å². The van der Waals surface area contributed by atoms with E-state index in [0.29, 0.717) is 5.41 Å². The molecule has 0 radical (unpaired) electrons. The van der Waals surface area contributed by atoms with Crippen LogP contribution in [0.3, 0.4) is 0 Å². The van der Waals surface area contributed by atoms with Crippen molar-refractivity contribution in [2.45, 2.75) is 32.1 Å². The van der Waals surface area contributed by atoms with Crippen molar-refractivity contribution in [1.29, 1.82) is 0 Å². The lowest BCUT2D eigenvalue weighted by atomic mass is 9.80. The zero-order valence-electron chi connectivity index (χ0n) is 9.81. The molecule has 0 aliphatic heterocycles. The Hall–Kier alpha value is -1.04. The molecular weight excluding hydrogens is 192 g/mol. The minimum absolute atomic E-state index is 0.708. The van der Waals surface area contributed by atoms with Gasteiger partial charge in [0.05, 0.1) is 0 Å². The van der Waals surface area contributed by atoms with Gasteiger partial charge in [0.1, 0.15) is 0 Å². The predicted molar refractivity (Wildman–Crippen MR) is 69.1 cm³/mol. The fourth-order valence-corrected chi connectivity index (χ4v) is 2.95. The van der Waals surface area contributed by atoms with Crippen LogP contribution in [0.15, 0.2) is 48.6 Å². The monoisotopic (exact) mass is 212 g/mol. The summed E-state index contributed by atoms with van der Waals surface area (Å²) < 4.78 is 0. The van der Waals surface area contributed by atoms with Crippen molar-refractivity contribution in [3.05, 3.63) is 48.6 Å². The summed E-state index contributed by atoms with van der Waals surface area (Å²) in [6, 6.07) is 0. The minimum atomic E-state index is 0.708. The maximum Gasteiger partial charge on any atom is 0.00482 e. The van der Waals surface area contributed by atoms with E-state index in [0.717, 1.165) is 11.8 Å². The highest BCUT2D eigenvalue weighted by Crippen LogP contribution is 2.68. The molecule has 0 aromatic heterocycles. The Kier molecular flexibility index (Phi) is 2.59. The van der Waals surface area contributed by atoms with Crippen LogP contribution in [-0.4, -0.2) is 0 Å². The Labute approximate surface area is 98.4 Å². The third-order valence-electron chi connectivity index (χ3n) is 4.22. The van der Waals surface area contributed by atoms with E-state index in [1.165, 1.54) is 32.1 Å². The van der Waals surface area contributed by atoms with Crippen molar-refractivity contribution < 1.29 is 0 Å². The summed E-state index contributed by atoms with van der Waals surface area (Å²) >= 11 is 0. The molecule has 0 aromatic rings. The van der Waals surface area contributed by atoms with Crippen LogP contribution >= 0.6 is 0 Å². The third-order valence-corrected chi connectivity index (χ3v) is 4.22. The molecular formula is C16H20. The summed E-state index contributed by atoms with van der Waals surface area (Å²) in [7, 11) is 0. The molecule has 4 aliphatic rings. The fourth-order valence-electron chi connectivity index (χ4n) is 2.95. The van der Waals surface area contributed by atoms with E-state index >= 15 is 0 Å². The SMILES string of the molecule is C1=CC2CC23C=CC13.C1=CCC/C=C\CC1. The molecule has 0 amide bonds. The van der Waals surface area contributed by atoms with Gasteiger partial charge in [-0.1, -0.05) is 48.6 Å². The average Bonchev–Trinajstić information content (AvgIpc) is 2.88. The molecule has 16 heavy (non-hydrogen) atoms. The van der Waals surface area contributed by atoms with Crippen molar-refractivity contribution in [2.75, 3.05) is 0 Å². The van der Waals surface area contributed by atoms with Gasteiger partial charge in [0.2, 0.25) is 0 Å². The molecule has 84 valence electrons. The number of hydrogen-bond donors (Lipinski definition) is 0. The van der Waals surface area contributed by atoms with Gasteiger partial charge in [-0.2, -0.15) is 0 Å². The molecule has 0 nitrogen and oxygen atoms in total. The van der Waals surface area contributed by atoms with Crippen LogP contribution in [0.2, 0.25) is 0 Å². The molecule has 3 unspecified atom stereocenters. The average molecular weight is 212 g/mol. The predicted octanol–water partition coefficient (Wildman–Crippen LogP) is 4.42. The van der Waals surface area contributed by atoms with Crippen LogP contribution in [0.5, 0.6) is 0 Å². The van der Waals surface area contributed by atoms with Gasteiger partial charge in [-0.05, 0) is 38.0 Å². The molecule has 0 N–H and O–H groups in total. The van der Waals surface area contributed by atoms with Gasteiger partial charge < -0.3 is 0 Å². The zero-order valence-corrected chi connectivity index (χ0v) is 9.81. The summed E-state index contributed by atoms with van der Waals surface area (Å²) in [6.45, 7) is 0. The minimum Gasteiger partial charge on any atom is -0.0882 e. The maximum absolute atomic E-state index is 2.39. The lowest BCUT2D eigenvalue weighted by molar-refractivity contribution is 0.484. The normalized spacial score (nSPS) is 43.0. The molecule has 0 aromatic carbocycles. The van der Waals surface area contributed by atoms with Gasteiger partial charge in [0.15, 0.2) is 0 Å². The van der Waals surface area contributed by atoms with Crippen LogP contribution in [0.1, 0.15) is 32.1 Å². The number of allylic oxidation sites excluding steroid dienone is 8. The van der Waals surface area contributed by atoms with Gasteiger partial charge >= 0.3 is 0 Å². The number of hydrogen-bond acceptors (Lipinski definition) is 0. The van der Waals surface area contributed by atoms with Crippen molar-refractivity contribution in [3.63, 3.8) is 0 Å². The van der Waals surface area contributed by atoms with Crippen LogP contribution < -0.4 is 0 Å². The topological polar surface area (TPSA) is 0 Å². The quantitative estimate of drug-likeness (QED) is 0.521. The first-order valence-corrected chi connectivity index (χ1v) is 6.59. The Morgan fingerprint density at radius 3 is 1.62 bits per heavy atom. The molecule has 4 aliphatic carbocycles. The molecule has 1 spiro atoms. The van der Waals surface area contributed by atoms with Crippen molar-refractivity contribution >= 4 is 0 Å². The summed E-state index contributed by atoms with van der Waals surface area (Å²) in [5.74, 6) is 1.81. The highest BCUT2D eigenvalue weighted by Gasteiger charge is 2.61. The largest absolute Gasteiger partial charge is 0.0882 e. The van der Waals surface area contributed by atoms with Crippen LogP contribution in [0, 0.1) is 17.3 Å². The van der Waals surface area contributed by atoms with E-state index in [1.807, 2.05) is 0 Å². The molecule has 0 bridgehead atoms. The smallest absolute Gasteiger partial charge is 0.00482 e. The van der Waals surface area contributed by atoms with Gasteiger partial charge in [-0.25, -0.2) is 0 Å². The molecule has 1 fully saturated rings. The lowest BCUT2D eigenvalue weighted by Gasteiger charge is -2.23. The Bertz CT molecular complexity index is 343. The molecule has 0 heteroatoms. The first kappa shape index (κ1) is 10.1. The summed E-state index contributed by atoms with van der Waals surface area (Å²) in [5, 5.41) is 0. The van der Waals surface area contributed by atoms with Crippen molar-refractivity contribution in [1.82, 2.24) is 0 Å². The standard InChI is InChI=1S/C8H8.C8H12/c1-2-7-5-8(7)4-3-6(1)8;1-2-4-6-8-7-5-3-1/h1-4,6-7H,5H2;1-2,7-8H,3-6H2/b;2-1-,8-7?. The number of rotatable bonds is 0. The molecule has 4 rings (SSSR count). The first-order chi connectivity index (χ1) is 7.92. The lowest BCUT2D eigenvalue weighted by Crippen LogP contribution is -2.15. The third kappa shape index (κ3) is 1.71. The van der Waals surface area contributed by atoms with Gasteiger partial charge in [0.25, 0.3) is 0 Å². The Balaban J connectivity index is 0.000000101. The maximum atomic E-state index is 2.39. The summed E-state index contributed by atoms with van der Waals surface area (Å²) in [6.07, 6.45) is 24.9. The van der Waals surface area contributed by atoms with Crippen LogP contribution in [0.4, 0.5) is 0 Å². The van der Waals surface area contributed by atoms with Gasteiger partial charge in [-0.15, -0.1) is 0 Å². The molecule has 3 atom stereocenters. The van der Waals surface area contributed by atoms with Gasteiger partial charge in [-0.3, -0.25) is 0 Å². The molecule has 0 saturated heterocycles. The second-order valence-corrected chi connectivity index (χ2v) is 5.29. The molecule has 1 saturated carbocycles. The first-order valence-electron chi connectivity index (χ1n) is 6.59. The van der Waals surface area contributed by atoms with E-state index < -0.39 is 0 Å². The van der Waals surface area contributed by atoms with Crippen molar-refractivity contribution in [3.8, 4) is 0 Å². The summed E-state index contributed by atoms with van der Waals surface area (Å²) in [5.41, 5.74) is 0.708. The van der Waals surface area contributed by atoms with E-state index in [4.69, 9.17) is 0 Å².